The van der Waals surface area contributed by atoms with Gasteiger partial charge in [0.25, 0.3) is 5.91 Å². The standard InChI is InChI=1S/C17H20N2O3/c1-12-11-14(13-7-4-5-8-15(13)18-12)17(21)19(2)10-6-9-16(20)22-3/h4-5,7-8,11H,6,9-10H2,1-3H3. The van der Waals surface area contributed by atoms with E-state index in [0.29, 0.717) is 24.9 Å². The predicted octanol–water partition coefficient (Wildman–Crippen LogP) is 2.57. The number of aromatic nitrogens is 1. The number of hydrogen-bond acceptors (Lipinski definition) is 4. The number of para-hydroxylation sites is 1. The Morgan fingerprint density at radius 2 is 2.00 bits per heavy atom. The zero-order chi connectivity index (χ0) is 16.1. The van der Waals surface area contributed by atoms with Crippen LogP contribution in [0.3, 0.4) is 0 Å². The van der Waals surface area contributed by atoms with E-state index in [9.17, 15) is 9.59 Å². The minimum Gasteiger partial charge on any atom is -0.469 e. The zero-order valence-electron chi connectivity index (χ0n) is 13.1. The van der Waals surface area contributed by atoms with E-state index < -0.39 is 0 Å². The molecule has 0 bridgehead atoms. The van der Waals surface area contributed by atoms with Gasteiger partial charge in [0.15, 0.2) is 0 Å². The molecule has 0 fully saturated rings. The average Bonchev–Trinajstić information content (AvgIpc) is 2.52. The molecule has 0 atom stereocenters. The van der Waals surface area contributed by atoms with Gasteiger partial charge in [0.05, 0.1) is 18.2 Å². The molecule has 0 aliphatic rings. The second-order valence-corrected chi connectivity index (χ2v) is 5.23. The van der Waals surface area contributed by atoms with Crippen LogP contribution in [0.2, 0.25) is 0 Å². The molecular weight excluding hydrogens is 280 g/mol. The van der Waals surface area contributed by atoms with Crippen LogP contribution in [-0.4, -0.2) is 42.5 Å². The highest BCUT2D eigenvalue weighted by atomic mass is 16.5. The molecule has 1 aromatic heterocycles. The molecule has 1 amide bonds. The quantitative estimate of drug-likeness (QED) is 0.796. The van der Waals surface area contributed by atoms with Gasteiger partial charge < -0.3 is 9.64 Å². The van der Waals surface area contributed by atoms with Crippen LogP contribution in [0.25, 0.3) is 10.9 Å². The van der Waals surface area contributed by atoms with E-state index in [1.54, 1.807) is 11.9 Å². The Morgan fingerprint density at radius 1 is 1.27 bits per heavy atom. The summed E-state index contributed by atoms with van der Waals surface area (Å²) in [5.41, 5.74) is 2.27. The van der Waals surface area contributed by atoms with Crippen LogP contribution in [0, 0.1) is 6.92 Å². The molecule has 0 saturated carbocycles. The van der Waals surface area contributed by atoms with Crippen LogP contribution in [0.5, 0.6) is 0 Å². The maximum atomic E-state index is 12.6. The lowest BCUT2D eigenvalue weighted by atomic mass is 10.1. The molecule has 22 heavy (non-hydrogen) atoms. The molecule has 1 heterocycles. The molecule has 0 unspecified atom stereocenters. The van der Waals surface area contributed by atoms with Gasteiger partial charge in [0.2, 0.25) is 0 Å². The Morgan fingerprint density at radius 3 is 2.73 bits per heavy atom. The number of nitrogens with zero attached hydrogens (tertiary/aromatic N) is 2. The summed E-state index contributed by atoms with van der Waals surface area (Å²) in [5.74, 6) is -0.322. The van der Waals surface area contributed by atoms with Crippen LogP contribution < -0.4 is 0 Å². The molecular formula is C17H20N2O3. The molecule has 0 radical (unpaired) electrons. The lowest BCUT2D eigenvalue weighted by molar-refractivity contribution is -0.140. The van der Waals surface area contributed by atoms with E-state index in [4.69, 9.17) is 0 Å². The number of esters is 1. The van der Waals surface area contributed by atoms with Crippen molar-refractivity contribution in [2.75, 3.05) is 20.7 Å². The SMILES string of the molecule is COC(=O)CCCN(C)C(=O)c1cc(C)nc2ccccc12. The Balaban J connectivity index is 2.17. The number of amides is 1. The fraction of sp³-hybridized carbons (Fsp3) is 0.353. The molecule has 116 valence electrons. The van der Waals surface area contributed by atoms with Crippen LogP contribution in [0.4, 0.5) is 0 Å². The van der Waals surface area contributed by atoms with Gasteiger partial charge >= 0.3 is 5.97 Å². The zero-order valence-corrected chi connectivity index (χ0v) is 13.1. The summed E-state index contributed by atoms with van der Waals surface area (Å²) in [7, 11) is 3.10. The second kappa shape index (κ2) is 7.02. The first-order valence-electron chi connectivity index (χ1n) is 7.21. The third-order valence-corrected chi connectivity index (χ3v) is 3.52. The normalized spacial score (nSPS) is 10.5. The van der Waals surface area contributed by atoms with Crippen molar-refractivity contribution in [3.63, 3.8) is 0 Å². The van der Waals surface area contributed by atoms with E-state index in [-0.39, 0.29) is 11.9 Å². The number of aryl methyl sites for hydroxylation is 1. The van der Waals surface area contributed by atoms with E-state index in [2.05, 4.69) is 9.72 Å². The first kappa shape index (κ1) is 15.9. The topological polar surface area (TPSA) is 59.5 Å². The summed E-state index contributed by atoms with van der Waals surface area (Å²) in [6, 6.07) is 9.41. The fourth-order valence-electron chi connectivity index (χ4n) is 2.35. The van der Waals surface area contributed by atoms with Crippen LogP contribution in [0.1, 0.15) is 28.9 Å². The fourth-order valence-corrected chi connectivity index (χ4v) is 2.35. The Hall–Kier alpha value is -2.43. The van der Waals surface area contributed by atoms with E-state index >= 15 is 0 Å². The molecule has 2 aromatic rings. The number of carbonyl (C=O) groups excluding carboxylic acids is 2. The van der Waals surface area contributed by atoms with Gasteiger partial charge in [-0.05, 0) is 25.5 Å². The van der Waals surface area contributed by atoms with Crippen molar-refractivity contribution >= 4 is 22.8 Å². The number of hydrogen-bond donors (Lipinski definition) is 0. The number of benzene rings is 1. The Kier molecular flexibility index (Phi) is 5.09. The van der Waals surface area contributed by atoms with Gasteiger partial charge in [0.1, 0.15) is 0 Å². The number of methoxy groups -OCH3 is 1. The van der Waals surface area contributed by atoms with Gasteiger partial charge in [-0.2, -0.15) is 0 Å². The average molecular weight is 300 g/mol. The summed E-state index contributed by atoms with van der Waals surface area (Å²) in [6.07, 6.45) is 0.890. The first-order valence-corrected chi connectivity index (χ1v) is 7.21. The van der Waals surface area contributed by atoms with Gasteiger partial charge in [-0.3, -0.25) is 14.6 Å². The summed E-state index contributed by atoms with van der Waals surface area (Å²) >= 11 is 0. The first-order chi connectivity index (χ1) is 10.5. The number of fused-ring (bicyclic) bond motifs is 1. The third kappa shape index (κ3) is 3.61. The van der Waals surface area contributed by atoms with Gasteiger partial charge in [-0.1, -0.05) is 18.2 Å². The van der Waals surface area contributed by atoms with Crippen molar-refractivity contribution in [1.82, 2.24) is 9.88 Å². The summed E-state index contributed by atoms with van der Waals surface area (Å²) < 4.78 is 4.60. The van der Waals surface area contributed by atoms with Crippen molar-refractivity contribution in [2.45, 2.75) is 19.8 Å². The minimum atomic E-state index is -0.258. The van der Waals surface area contributed by atoms with Gasteiger partial charge in [-0.25, -0.2) is 0 Å². The molecule has 0 saturated heterocycles. The van der Waals surface area contributed by atoms with E-state index in [1.807, 2.05) is 37.3 Å². The highest BCUT2D eigenvalue weighted by molar-refractivity contribution is 6.06. The third-order valence-electron chi connectivity index (χ3n) is 3.52. The molecule has 5 heteroatoms. The maximum Gasteiger partial charge on any atom is 0.305 e. The van der Waals surface area contributed by atoms with Crippen LogP contribution in [0.15, 0.2) is 30.3 Å². The van der Waals surface area contributed by atoms with Crippen molar-refractivity contribution in [3.8, 4) is 0 Å². The number of ether oxygens (including phenoxy) is 1. The summed E-state index contributed by atoms with van der Waals surface area (Å²) in [6.45, 7) is 2.38. The molecule has 1 aromatic carbocycles. The highest BCUT2D eigenvalue weighted by Gasteiger charge is 2.16. The minimum absolute atomic E-state index is 0.0634. The summed E-state index contributed by atoms with van der Waals surface area (Å²) in [5, 5.41) is 0.845. The Bertz CT molecular complexity index is 697. The van der Waals surface area contributed by atoms with Gasteiger partial charge in [-0.15, -0.1) is 0 Å². The maximum absolute atomic E-state index is 12.6. The highest BCUT2D eigenvalue weighted by Crippen LogP contribution is 2.19. The van der Waals surface area contributed by atoms with Crippen LogP contribution >= 0.6 is 0 Å². The summed E-state index contributed by atoms with van der Waals surface area (Å²) in [4.78, 5) is 29.8. The number of carbonyl (C=O) groups is 2. The lowest BCUT2D eigenvalue weighted by Crippen LogP contribution is -2.28. The Labute approximate surface area is 129 Å². The van der Waals surface area contributed by atoms with Gasteiger partial charge in [0, 0.05) is 31.1 Å². The number of rotatable bonds is 5. The molecule has 0 aliphatic carbocycles. The molecule has 0 spiro atoms. The predicted molar refractivity (Wildman–Crippen MR) is 84.7 cm³/mol. The van der Waals surface area contributed by atoms with Crippen molar-refractivity contribution in [1.29, 1.82) is 0 Å². The van der Waals surface area contributed by atoms with Crippen molar-refractivity contribution < 1.29 is 14.3 Å². The smallest absolute Gasteiger partial charge is 0.305 e. The molecule has 0 N–H and O–H groups in total. The van der Waals surface area contributed by atoms with E-state index in [1.165, 1.54) is 7.11 Å². The molecule has 2 rings (SSSR count). The van der Waals surface area contributed by atoms with E-state index in [0.717, 1.165) is 16.6 Å². The largest absolute Gasteiger partial charge is 0.469 e. The molecule has 0 aliphatic heterocycles. The number of pyridine rings is 1. The second-order valence-electron chi connectivity index (χ2n) is 5.23. The lowest BCUT2D eigenvalue weighted by Gasteiger charge is -2.18. The van der Waals surface area contributed by atoms with Crippen molar-refractivity contribution in [3.05, 3.63) is 41.6 Å². The molecule has 5 nitrogen and oxygen atoms in total. The van der Waals surface area contributed by atoms with Crippen molar-refractivity contribution in [2.24, 2.45) is 0 Å². The van der Waals surface area contributed by atoms with Crippen LogP contribution in [-0.2, 0) is 9.53 Å². The monoisotopic (exact) mass is 300 g/mol.